The van der Waals surface area contributed by atoms with Gasteiger partial charge >= 0.3 is 0 Å². The molecule has 2 aromatic rings. The molecule has 1 aliphatic heterocycles. The van der Waals surface area contributed by atoms with Crippen LogP contribution in [0.1, 0.15) is 11.3 Å². The maximum atomic E-state index is 10.1. The van der Waals surface area contributed by atoms with E-state index in [1.54, 1.807) is 24.9 Å². The lowest BCUT2D eigenvalue weighted by atomic mass is 10.1. The second-order valence-corrected chi connectivity index (χ2v) is 5.39. The first-order chi connectivity index (χ1) is 9.60. The number of imidazole rings is 1. The average Bonchev–Trinajstić information content (AvgIpc) is 2.95. The topological polar surface area (TPSA) is 62.4 Å². The third-order valence-corrected chi connectivity index (χ3v) is 3.71. The number of nitrogens with zero attached hydrogens (tertiary/aromatic N) is 3. The standard InChI is InChI=1S/C14H13BrN4O/c1-16-14-18-12(13(20)19(14)2)5-8-7-17-11-4-3-9(15)6-10(8)11/h3-7,20H,1-2H3,(H,16,18)/b8-5+. The van der Waals surface area contributed by atoms with E-state index in [9.17, 15) is 5.11 Å². The summed E-state index contributed by atoms with van der Waals surface area (Å²) in [4.78, 5) is 8.69. The molecule has 0 saturated carbocycles. The molecule has 20 heavy (non-hydrogen) atoms. The van der Waals surface area contributed by atoms with Crippen LogP contribution in [0.3, 0.4) is 0 Å². The molecule has 0 aliphatic carbocycles. The second-order valence-electron chi connectivity index (χ2n) is 4.47. The van der Waals surface area contributed by atoms with Crippen LogP contribution in [0.15, 0.2) is 27.7 Å². The zero-order valence-corrected chi connectivity index (χ0v) is 12.6. The Morgan fingerprint density at radius 3 is 2.90 bits per heavy atom. The van der Waals surface area contributed by atoms with Crippen molar-refractivity contribution in [1.29, 1.82) is 0 Å². The lowest BCUT2D eigenvalue weighted by molar-refractivity contribution is 0.432. The SMILES string of the molecule is CNc1nc(/C=C2\C=Nc3ccc(Br)cc32)c(O)n1C. The van der Waals surface area contributed by atoms with Crippen LogP contribution in [0, 0.1) is 0 Å². The Hall–Kier alpha value is -2.08. The van der Waals surface area contributed by atoms with Gasteiger partial charge in [-0.2, -0.15) is 0 Å². The largest absolute Gasteiger partial charge is 0.493 e. The summed E-state index contributed by atoms with van der Waals surface area (Å²) in [5, 5.41) is 13.0. The molecule has 0 bridgehead atoms. The van der Waals surface area contributed by atoms with Crippen molar-refractivity contribution in [3.63, 3.8) is 0 Å². The van der Waals surface area contributed by atoms with Crippen molar-refractivity contribution in [3.05, 3.63) is 33.9 Å². The molecule has 0 spiro atoms. The number of aliphatic imine (C=N–C) groups is 1. The summed E-state index contributed by atoms with van der Waals surface area (Å²) in [6.07, 6.45) is 3.61. The number of aromatic hydroxyl groups is 1. The normalized spacial score (nSPS) is 14.8. The monoisotopic (exact) mass is 332 g/mol. The van der Waals surface area contributed by atoms with Crippen LogP contribution in [-0.4, -0.2) is 27.9 Å². The number of hydrogen-bond acceptors (Lipinski definition) is 4. The van der Waals surface area contributed by atoms with Crippen molar-refractivity contribution in [3.8, 4) is 5.88 Å². The van der Waals surface area contributed by atoms with Gasteiger partial charge in [-0.3, -0.25) is 9.56 Å². The number of benzene rings is 1. The quantitative estimate of drug-likeness (QED) is 0.887. The van der Waals surface area contributed by atoms with Crippen molar-refractivity contribution in [2.75, 3.05) is 12.4 Å². The summed E-state index contributed by atoms with van der Waals surface area (Å²) in [6, 6.07) is 5.91. The van der Waals surface area contributed by atoms with E-state index in [1.165, 1.54) is 0 Å². The van der Waals surface area contributed by atoms with Gasteiger partial charge < -0.3 is 10.4 Å². The molecule has 0 amide bonds. The van der Waals surface area contributed by atoms with E-state index in [2.05, 4.69) is 31.2 Å². The number of fused-ring (bicyclic) bond motifs is 1. The van der Waals surface area contributed by atoms with E-state index in [1.807, 2.05) is 24.3 Å². The molecule has 2 N–H and O–H groups in total. The Kier molecular flexibility index (Phi) is 3.10. The molecule has 102 valence electrons. The molecule has 1 aromatic carbocycles. The summed E-state index contributed by atoms with van der Waals surface area (Å²) in [7, 11) is 3.52. The molecule has 3 rings (SSSR count). The zero-order valence-electron chi connectivity index (χ0n) is 11.1. The predicted molar refractivity (Wildman–Crippen MR) is 84.6 cm³/mol. The minimum atomic E-state index is 0.124. The molecule has 6 heteroatoms. The number of hydrogen-bond donors (Lipinski definition) is 2. The van der Waals surface area contributed by atoms with E-state index >= 15 is 0 Å². The van der Waals surface area contributed by atoms with Gasteiger partial charge in [0.25, 0.3) is 0 Å². The van der Waals surface area contributed by atoms with Gasteiger partial charge in [0.05, 0.1) is 5.69 Å². The van der Waals surface area contributed by atoms with Gasteiger partial charge in [-0.05, 0) is 24.3 Å². The Morgan fingerprint density at radius 2 is 2.20 bits per heavy atom. The number of allylic oxidation sites excluding steroid dienone is 1. The minimum absolute atomic E-state index is 0.124. The van der Waals surface area contributed by atoms with Gasteiger partial charge in [0, 0.05) is 35.9 Å². The van der Waals surface area contributed by atoms with Gasteiger partial charge in [-0.1, -0.05) is 15.9 Å². The van der Waals surface area contributed by atoms with Crippen LogP contribution in [0.4, 0.5) is 11.6 Å². The van der Waals surface area contributed by atoms with Gasteiger partial charge in [0.2, 0.25) is 11.8 Å². The van der Waals surface area contributed by atoms with Crippen LogP contribution in [0.2, 0.25) is 0 Å². The zero-order chi connectivity index (χ0) is 14.3. The fourth-order valence-corrected chi connectivity index (χ4v) is 2.52. The fourth-order valence-electron chi connectivity index (χ4n) is 2.15. The van der Waals surface area contributed by atoms with Gasteiger partial charge in [-0.15, -0.1) is 0 Å². The van der Waals surface area contributed by atoms with Crippen LogP contribution >= 0.6 is 15.9 Å². The average molecular weight is 333 g/mol. The maximum Gasteiger partial charge on any atom is 0.220 e. The highest BCUT2D eigenvalue weighted by Gasteiger charge is 2.16. The van der Waals surface area contributed by atoms with Crippen molar-refractivity contribution in [2.45, 2.75) is 0 Å². The van der Waals surface area contributed by atoms with E-state index in [0.29, 0.717) is 11.6 Å². The fraction of sp³-hybridized carbons (Fsp3) is 0.143. The highest BCUT2D eigenvalue weighted by atomic mass is 79.9. The molecule has 1 aliphatic rings. The Balaban J connectivity index is 2.08. The third kappa shape index (κ3) is 2.02. The molecule has 0 unspecified atom stereocenters. The van der Waals surface area contributed by atoms with Crippen molar-refractivity contribution in [1.82, 2.24) is 9.55 Å². The number of aromatic nitrogens is 2. The smallest absolute Gasteiger partial charge is 0.220 e. The van der Waals surface area contributed by atoms with Gasteiger partial charge in [0.1, 0.15) is 5.69 Å². The van der Waals surface area contributed by atoms with E-state index < -0.39 is 0 Å². The minimum Gasteiger partial charge on any atom is -0.493 e. The Morgan fingerprint density at radius 1 is 1.40 bits per heavy atom. The highest BCUT2D eigenvalue weighted by molar-refractivity contribution is 9.10. The van der Waals surface area contributed by atoms with Crippen LogP contribution in [0.5, 0.6) is 5.88 Å². The summed E-state index contributed by atoms with van der Waals surface area (Å²) >= 11 is 3.46. The van der Waals surface area contributed by atoms with Crippen LogP contribution in [-0.2, 0) is 7.05 Å². The molecule has 0 atom stereocenters. The molecule has 5 nitrogen and oxygen atoms in total. The van der Waals surface area contributed by atoms with E-state index in [4.69, 9.17) is 0 Å². The summed E-state index contributed by atoms with van der Waals surface area (Å²) in [5.74, 6) is 0.734. The molecule has 0 radical (unpaired) electrons. The molecule has 1 aromatic heterocycles. The molecule has 0 fully saturated rings. The number of rotatable bonds is 2. The first kappa shape index (κ1) is 12.9. The summed E-state index contributed by atoms with van der Waals surface area (Å²) in [6.45, 7) is 0. The van der Waals surface area contributed by atoms with Gasteiger partial charge in [0.15, 0.2) is 0 Å². The van der Waals surface area contributed by atoms with Crippen molar-refractivity contribution < 1.29 is 5.11 Å². The van der Waals surface area contributed by atoms with E-state index in [0.717, 1.165) is 21.3 Å². The van der Waals surface area contributed by atoms with Crippen LogP contribution in [0.25, 0.3) is 11.6 Å². The van der Waals surface area contributed by atoms with E-state index in [-0.39, 0.29) is 5.88 Å². The third-order valence-electron chi connectivity index (χ3n) is 3.22. The Bertz CT molecular complexity index is 746. The Labute approximate surface area is 124 Å². The number of anilines is 1. The predicted octanol–water partition coefficient (Wildman–Crippen LogP) is 3.19. The first-order valence-electron chi connectivity index (χ1n) is 6.09. The summed E-state index contributed by atoms with van der Waals surface area (Å²) in [5.41, 5.74) is 3.39. The maximum absolute atomic E-state index is 10.1. The lowest BCUT2D eigenvalue weighted by Gasteiger charge is -2.00. The summed E-state index contributed by atoms with van der Waals surface area (Å²) < 4.78 is 2.59. The van der Waals surface area contributed by atoms with Crippen molar-refractivity contribution in [2.24, 2.45) is 12.0 Å². The van der Waals surface area contributed by atoms with Crippen molar-refractivity contribution >= 4 is 45.4 Å². The molecule has 2 heterocycles. The van der Waals surface area contributed by atoms with Crippen LogP contribution < -0.4 is 5.32 Å². The number of halogens is 1. The number of nitrogens with one attached hydrogen (secondary N) is 1. The highest BCUT2D eigenvalue weighted by Crippen LogP contribution is 2.35. The second kappa shape index (κ2) is 4.79. The molecular weight excluding hydrogens is 320 g/mol. The first-order valence-corrected chi connectivity index (χ1v) is 6.88. The molecular formula is C14H13BrN4O. The van der Waals surface area contributed by atoms with Gasteiger partial charge in [-0.25, -0.2) is 4.98 Å². The molecule has 0 saturated heterocycles. The lowest BCUT2D eigenvalue weighted by Crippen LogP contribution is -1.97.